The first-order valence-electron chi connectivity index (χ1n) is 10.2. The molecule has 0 radical (unpaired) electrons. The van der Waals surface area contributed by atoms with Crippen molar-refractivity contribution in [3.63, 3.8) is 0 Å². The molecule has 1 saturated carbocycles. The Bertz CT molecular complexity index is 807. The van der Waals surface area contributed by atoms with Crippen molar-refractivity contribution in [2.24, 2.45) is 4.99 Å². The highest BCUT2D eigenvalue weighted by molar-refractivity contribution is 14.0. The van der Waals surface area contributed by atoms with Gasteiger partial charge in [0.25, 0.3) is 0 Å². The monoisotopic (exact) mass is 526 g/mol. The molecule has 0 amide bonds. The fourth-order valence-electron chi connectivity index (χ4n) is 4.32. The number of thioether (sulfide) groups is 1. The van der Waals surface area contributed by atoms with Gasteiger partial charge < -0.3 is 10.2 Å². The minimum atomic E-state index is 0. The van der Waals surface area contributed by atoms with Crippen LogP contribution in [0.25, 0.3) is 5.82 Å². The highest BCUT2D eigenvalue weighted by Crippen LogP contribution is 2.42. The van der Waals surface area contributed by atoms with Gasteiger partial charge in [0.05, 0.1) is 0 Å². The lowest BCUT2D eigenvalue weighted by molar-refractivity contribution is 0.293. The van der Waals surface area contributed by atoms with E-state index in [1.54, 1.807) is 6.20 Å². The molecule has 1 aliphatic heterocycles. The number of halogens is 1. The lowest BCUT2D eigenvalue weighted by Crippen LogP contribution is -2.53. The van der Waals surface area contributed by atoms with Crippen LogP contribution in [0.2, 0.25) is 0 Å². The number of imidazole rings is 1. The van der Waals surface area contributed by atoms with Crippen molar-refractivity contribution in [1.82, 2.24) is 24.8 Å². The molecule has 2 aliphatic rings. The standard InChI is InChI=1S/C21H30N6S.HI/c1-17-23-10-11-27(17)19-7-6-18(14-24-19)15-25-20(22-2)26-12-13-28-21(16-26)8-4-3-5-9-21;/h6-7,10-11,14H,3-5,8-9,12-13,15-16H2,1-2H3,(H,22,25);1H. The van der Waals surface area contributed by atoms with Crippen molar-refractivity contribution in [3.05, 3.63) is 42.1 Å². The zero-order valence-electron chi connectivity index (χ0n) is 17.3. The molecular formula is C21H31IN6S. The highest BCUT2D eigenvalue weighted by Gasteiger charge is 2.38. The summed E-state index contributed by atoms with van der Waals surface area (Å²) in [5, 5.41) is 3.55. The molecule has 3 heterocycles. The van der Waals surface area contributed by atoms with Crippen LogP contribution >= 0.6 is 35.7 Å². The van der Waals surface area contributed by atoms with E-state index >= 15 is 0 Å². The first-order chi connectivity index (χ1) is 13.7. The van der Waals surface area contributed by atoms with Crippen LogP contribution in [0.4, 0.5) is 0 Å². The molecule has 0 bridgehead atoms. The van der Waals surface area contributed by atoms with Crippen LogP contribution in [-0.4, -0.2) is 56.0 Å². The van der Waals surface area contributed by atoms with E-state index in [0.29, 0.717) is 4.75 Å². The van der Waals surface area contributed by atoms with Crippen molar-refractivity contribution in [2.75, 3.05) is 25.9 Å². The Balaban J connectivity index is 0.00000240. The van der Waals surface area contributed by atoms with E-state index in [2.05, 4.69) is 43.0 Å². The summed E-state index contributed by atoms with van der Waals surface area (Å²) < 4.78 is 2.44. The van der Waals surface area contributed by atoms with Gasteiger partial charge in [0.1, 0.15) is 11.6 Å². The van der Waals surface area contributed by atoms with Gasteiger partial charge >= 0.3 is 0 Å². The fraction of sp³-hybridized carbons (Fsp3) is 0.571. The molecule has 6 nitrogen and oxygen atoms in total. The molecule has 158 valence electrons. The number of aromatic nitrogens is 3. The third-order valence-corrected chi connectivity index (χ3v) is 7.39. The first-order valence-corrected chi connectivity index (χ1v) is 11.2. The van der Waals surface area contributed by atoms with Crippen LogP contribution in [-0.2, 0) is 6.54 Å². The summed E-state index contributed by atoms with van der Waals surface area (Å²) in [6.07, 6.45) is 12.5. The molecule has 2 fully saturated rings. The molecule has 1 aliphatic carbocycles. The van der Waals surface area contributed by atoms with E-state index in [4.69, 9.17) is 0 Å². The van der Waals surface area contributed by atoms with Crippen molar-refractivity contribution in [2.45, 2.75) is 50.3 Å². The Morgan fingerprint density at radius 1 is 1.24 bits per heavy atom. The zero-order chi connectivity index (χ0) is 19.4. The van der Waals surface area contributed by atoms with E-state index in [0.717, 1.165) is 42.8 Å². The van der Waals surface area contributed by atoms with Crippen molar-refractivity contribution >= 4 is 41.7 Å². The van der Waals surface area contributed by atoms with Gasteiger partial charge in [-0.25, -0.2) is 9.97 Å². The maximum atomic E-state index is 4.59. The second-order valence-corrected chi connectivity index (χ2v) is 9.35. The second-order valence-electron chi connectivity index (χ2n) is 7.78. The van der Waals surface area contributed by atoms with Gasteiger partial charge in [0.2, 0.25) is 0 Å². The number of nitrogens with one attached hydrogen (secondary N) is 1. The fourth-order valence-corrected chi connectivity index (χ4v) is 5.89. The highest BCUT2D eigenvalue weighted by atomic mass is 127. The molecule has 2 aromatic rings. The Morgan fingerprint density at radius 3 is 2.72 bits per heavy atom. The van der Waals surface area contributed by atoms with Crippen LogP contribution in [0.15, 0.2) is 35.7 Å². The van der Waals surface area contributed by atoms with Crippen LogP contribution in [0.1, 0.15) is 43.5 Å². The quantitative estimate of drug-likeness (QED) is 0.372. The molecular weight excluding hydrogens is 495 g/mol. The molecule has 1 spiro atoms. The lowest BCUT2D eigenvalue weighted by atomic mass is 9.87. The first kappa shape index (κ1) is 22.4. The third-order valence-electron chi connectivity index (χ3n) is 5.86. The molecule has 29 heavy (non-hydrogen) atoms. The average Bonchev–Trinajstić information content (AvgIpc) is 3.15. The van der Waals surface area contributed by atoms with Crippen molar-refractivity contribution < 1.29 is 0 Å². The van der Waals surface area contributed by atoms with E-state index in [-0.39, 0.29) is 24.0 Å². The number of aryl methyl sites for hydroxylation is 1. The second kappa shape index (κ2) is 10.1. The van der Waals surface area contributed by atoms with E-state index in [1.165, 1.54) is 37.9 Å². The van der Waals surface area contributed by atoms with Gasteiger partial charge in [-0.1, -0.05) is 25.3 Å². The number of hydrogen-bond acceptors (Lipinski definition) is 4. The Hall–Kier alpha value is -1.29. The van der Waals surface area contributed by atoms with Crippen molar-refractivity contribution in [3.8, 4) is 5.82 Å². The van der Waals surface area contributed by atoms with Crippen molar-refractivity contribution in [1.29, 1.82) is 0 Å². The molecule has 8 heteroatoms. The minimum absolute atomic E-state index is 0. The topological polar surface area (TPSA) is 58.3 Å². The molecule has 1 saturated heterocycles. The number of pyridine rings is 1. The lowest BCUT2D eigenvalue weighted by Gasteiger charge is -2.45. The van der Waals surface area contributed by atoms with Gasteiger partial charge in [-0.3, -0.25) is 9.56 Å². The summed E-state index contributed by atoms with van der Waals surface area (Å²) in [7, 11) is 1.89. The van der Waals surface area contributed by atoms with E-state index in [9.17, 15) is 0 Å². The number of guanidine groups is 1. The predicted octanol–water partition coefficient (Wildman–Crippen LogP) is 4.02. The predicted molar refractivity (Wildman–Crippen MR) is 132 cm³/mol. The number of nitrogens with zero attached hydrogens (tertiary/aromatic N) is 5. The minimum Gasteiger partial charge on any atom is -0.352 e. The van der Waals surface area contributed by atoms with Gasteiger partial charge in [-0.2, -0.15) is 11.8 Å². The van der Waals surface area contributed by atoms with Gasteiger partial charge in [-0.05, 0) is 31.4 Å². The van der Waals surface area contributed by atoms with Crippen LogP contribution in [0, 0.1) is 6.92 Å². The normalized spacial score (nSPS) is 19.1. The summed E-state index contributed by atoms with van der Waals surface area (Å²) in [5.74, 6) is 4.05. The summed E-state index contributed by atoms with van der Waals surface area (Å²) in [5.41, 5.74) is 1.15. The summed E-state index contributed by atoms with van der Waals surface area (Å²) in [6.45, 7) is 4.91. The Kier molecular flexibility index (Phi) is 7.84. The SMILES string of the molecule is CN=C(NCc1ccc(-n2ccnc2C)nc1)N1CCSC2(CCCCC2)C1.I. The molecule has 0 atom stereocenters. The number of rotatable bonds is 3. The van der Waals surface area contributed by atoms with Gasteiger partial charge in [0, 0.05) is 55.8 Å². The maximum absolute atomic E-state index is 4.59. The average molecular weight is 526 g/mol. The third kappa shape index (κ3) is 5.25. The molecule has 1 N–H and O–H groups in total. The summed E-state index contributed by atoms with van der Waals surface area (Å²) >= 11 is 2.19. The maximum Gasteiger partial charge on any atom is 0.193 e. The zero-order valence-corrected chi connectivity index (χ0v) is 20.5. The molecule has 0 unspecified atom stereocenters. The van der Waals surface area contributed by atoms with Crippen LogP contribution < -0.4 is 5.32 Å². The Morgan fingerprint density at radius 2 is 2.07 bits per heavy atom. The molecule has 4 rings (SSSR count). The largest absolute Gasteiger partial charge is 0.352 e. The van der Waals surface area contributed by atoms with E-state index < -0.39 is 0 Å². The van der Waals surface area contributed by atoms with Gasteiger partial charge in [0.15, 0.2) is 5.96 Å². The number of aliphatic imine (C=N–C) groups is 1. The summed E-state index contributed by atoms with van der Waals surface area (Å²) in [6, 6.07) is 4.17. The van der Waals surface area contributed by atoms with Crippen LogP contribution in [0.3, 0.4) is 0 Å². The Labute approximate surface area is 195 Å². The molecule has 2 aromatic heterocycles. The van der Waals surface area contributed by atoms with Crippen LogP contribution in [0.5, 0.6) is 0 Å². The van der Waals surface area contributed by atoms with E-state index in [1.807, 2.05) is 37.0 Å². The number of hydrogen-bond donors (Lipinski definition) is 1. The van der Waals surface area contributed by atoms with Gasteiger partial charge in [-0.15, -0.1) is 24.0 Å². The summed E-state index contributed by atoms with van der Waals surface area (Å²) in [4.78, 5) is 15.9. The smallest absolute Gasteiger partial charge is 0.193 e. The molecule has 0 aromatic carbocycles.